The molecule has 4 aromatic heterocycles. The van der Waals surface area contributed by atoms with Crippen molar-refractivity contribution >= 4 is 28.7 Å². The molecule has 6 heterocycles. The third kappa shape index (κ3) is 5.63. The first-order chi connectivity index (χ1) is 20.7. The van der Waals surface area contributed by atoms with Crippen LogP contribution in [0.25, 0.3) is 16.5 Å². The van der Waals surface area contributed by atoms with Crippen molar-refractivity contribution in [2.24, 2.45) is 0 Å². The smallest absolute Gasteiger partial charge is 0.379 e. The molecule has 1 N–H and O–H groups in total. The number of amides is 1. The van der Waals surface area contributed by atoms with E-state index in [9.17, 15) is 18.0 Å². The molecule has 3 aliphatic rings. The molecule has 43 heavy (non-hydrogen) atoms. The standard InChI is InChI=1S/C28H30F3N9O2S/c1-17(28(29,30)31)40-5-4-32-25(40)27-36-24(15-43-27)35-26(41)20-10-22(39-14-21(34-16-39)18-2-3-18)23(11-33-20)38-12-19(13-38)37-6-8-42-9-7-37/h4-5,10-11,14-19H,2-3,6-9,12-13H2,1H3,(H,35,41)/t17-/m0/s1. The van der Waals surface area contributed by atoms with Crippen molar-refractivity contribution in [1.29, 1.82) is 0 Å². The number of anilines is 2. The largest absolute Gasteiger partial charge is 0.408 e. The van der Waals surface area contributed by atoms with Crippen LogP contribution in [-0.2, 0) is 4.74 Å². The van der Waals surface area contributed by atoms with Gasteiger partial charge in [0.25, 0.3) is 5.91 Å². The molecule has 0 aromatic carbocycles. The number of alkyl halides is 3. The third-order valence-corrected chi connectivity index (χ3v) is 9.07. The van der Waals surface area contributed by atoms with E-state index in [0.29, 0.717) is 12.0 Å². The van der Waals surface area contributed by atoms with Crippen LogP contribution in [0.1, 0.15) is 47.9 Å². The second-order valence-electron chi connectivity index (χ2n) is 11.1. The Morgan fingerprint density at radius 3 is 2.67 bits per heavy atom. The summed E-state index contributed by atoms with van der Waals surface area (Å²) in [5.41, 5.74) is 2.95. The van der Waals surface area contributed by atoms with Gasteiger partial charge in [0, 0.05) is 62.1 Å². The average molecular weight is 614 g/mol. The van der Waals surface area contributed by atoms with Gasteiger partial charge in [-0.05, 0) is 25.8 Å². The van der Waals surface area contributed by atoms with E-state index < -0.39 is 18.1 Å². The first kappa shape index (κ1) is 28.0. The number of carbonyl (C=O) groups is 1. The number of halogens is 3. The highest BCUT2D eigenvalue weighted by Gasteiger charge is 2.39. The Balaban J connectivity index is 1.11. The van der Waals surface area contributed by atoms with E-state index in [1.165, 1.54) is 12.4 Å². The van der Waals surface area contributed by atoms with Gasteiger partial charge in [-0.1, -0.05) is 0 Å². The second-order valence-corrected chi connectivity index (χ2v) is 12.0. The van der Waals surface area contributed by atoms with Crippen molar-refractivity contribution < 1.29 is 22.7 Å². The number of hydrogen-bond donors (Lipinski definition) is 1. The van der Waals surface area contributed by atoms with Gasteiger partial charge in [0.1, 0.15) is 17.6 Å². The number of rotatable bonds is 8. The number of nitrogens with zero attached hydrogens (tertiary/aromatic N) is 8. The van der Waals surface area contributed by atoms with Crippen molar-refractivity contribution in [1.82, 2.24) is 34.0 Å². The lowest BCUT2D eigenvalue weighted by atomic mass is 10.0. The molecule has 0 spiro atoms. The predicted molar refractivity (Wildman–Crippen MR) is 154 cm³/mol. The fourth-order valence-electron chi connectivity index (χ4n) is 5.46. The predicted octanol–water partition coefficient (Wildman–Crippen LogP) is 4.36. The van der Waals surface area contributed by atoms with Gasteiger partial charge < -0.3 is 24.1 Å². The van der Waals surface area contributed by atoms with Crippen molar-refractivity contribution in [2.45, 2.75) is 43.9 Å². The van der Waals surface area contributed by atoms with Gasteiger partial charge >= 0.3 is 6.18 Å². The Morgan fingerprint density at radius 1 is 1.14 bits per heavy atom. The van der Waals surface area contributed by atoms with E-state index in [1.807, 2.05) is 10.8 Å². The van der Waals surface area contributed by atoms with Gasteiger partial charge in [-0.15, -0.1) is 11.3 Å². The molecule has 11 nitrogen and oxygen atoms in total. The summed E-state index contributed by atoms with van der Waals surface area (Å²) in [5, 5.41) is 4.58. The molecule has 2 saturated heterocycles. The molecule has 2 aliphatic heterocycles. The fraction of sp³-hybridized carbons (Fsp3) is 0.464. The summed E-state index contributed by atoms with van der Waals surface area (Å²) in [6.07, 6.45) is 5.92. The molecule has 0 bridgehead atoms. The highest BCUT2D eigenvalue weighted by molar-refractivity contribution is 7.13. The minimum absolute atomic E-state index is 0.0802. The van der Waals surface area contributed by atoms with Gasteiger partial charge in [-0.3, -0.25) is 9.69 Å². The number of pyridine rings is 1. The summed E-state index contributed by atoms with van der Waals surface area (Å²) in [7, 11) is 0. The summed E-state index contributed by atoms with van der Waals surface area (Å²) < 4.78 is 48.5. The number of thiazole rings is 1. The molecule has 0 unspecified atom stereocenters. The first-order valence-electron chi connectivity index (χ1n) is 14.2. The SMILES string of the molecule is C[C@H](n1ccnc1-c1nc(NC(=O)c2cc(-n3cnc(C4CC4)c3)c(N3CC(N4CCOCC4)C3)cn2)cs1)C(F)(F)F. The monoisotopic (exact) mass is 613 g/mol. The van der Waals surface area contributed by atoms with E-state index >= 15 is 0 Å². The Labute approximate surface area is 249 Å². The normalized spacial score (nSPS) is 18.9. The van der Waals surface area contributed by atoms with Gasteiger partial charge in [-0.25, -0.2) is 19.9 Å². The van der Waals surface area contributed by atoms with E-state index in [4.69, 9.17) is 4.74 Å². The molecule has 226 valence electrons. The second kappa shape index (κ2) is 11.0. The van der Waals surface area contributed by atoms with Gasteiger partial charge in [0.15, 0.2) is 10.8 Å². The summed E-state index contributed by atoms with van der Waals surface area (Å²) in [5.74, 6) is 0.296. The van der Waals surface area contributed by atoms with Gasteiger partial charge in [-0.2, -0.15) is 13.2 Å². The van der Waals surface area contributed by atoms with Crippen molar-refractivity contribution in [3.05, 3.63) is 53.9 Å². The quantitative estimate of drug-likeness (QED) is 0.313. The van der Waals surface area contributed by atoms with Crippen LogP contribution in [0.4, 0.5) is 24.7 Å². The molecule has 1 saturated carbocycles. The minimum Gasteiger partial charge on any atom is -0.379 e. The van der Waals surface area contributed by atoms with Crippen LogP contribution >= 0.6 is 11.3 Å². The minimum atomic E-state index is -4.44. The zero-order valence-electron chi connectivity index (χ0n) is 23.4. The zero-order chi connectivity index (χ0) is 29.7. The molecule has 0 radical (unpaired) electrons. The average Bonchev–Trinajstić information content (AvgIpc) is 3.34. The lowest BCUT2D eigenvalue weighted by molar-refractivity contribution is -0.162. The molecule has 1 atom stereocenters. The zero-order valence-corrected chi connectivity index (χ0v) is 24.2. The molecule has 1 aliphatic carbocycles. The Bertz CT molecular complexity index is 1620. The number of ether oxygens (including phenoxy) is 1. The first-order valence-corrected chi connectivity index (χ1v) is 15.1. The summed E-state index contributed by atoms with van der Waals surface area (Å²) >= 11 is 1.10. The lowest BCUT2D eigenvalue weighted by Gasteiger charge is -2.48. The van der Waals surface area contributed by atoms with Gasteiger partial charge in [0.2, 0.25) is 0 Å². The van der Waals surface area contributed by atoms with E-state index in [-0.39, 0.29) is 22.3 Å². The van der Waals surface area contributed by atoms with Crippen molar-refractivity contribution in [2.75, 3.05) is 49.6 Å². The summed E-state index contributed by atoms with van der Waals surface area (Å²) in [4.78, 5) is 35.5. The maximum atomic E-state index is 13.3. The molecular weight excluding hydrogens is 583 g/mol. The summed E-state index contributed by atoms with van der Waals surface area (Å²) in [6, 6.07) is 0.418. The number of hydrogen-bond acceptors (Lipinski definition) is 9. The molecular formula is C28H30F3N9O2S. The molecule has 7 rings (SSSR count). The number of morpholine rings is 1. The van der Waals surface area contributed by atoms with E-state index in [0.717, 1.165) is 92.1 Å². The van der Waals surface area contributed by atoms with Crippen LogP contribution in [0.5, 0.6) is 0 Å². The lowest BCUT2D eigenvalue weighted by Crippen LogP contribution is -2.61. The van der Waals surface area contributed by atoms with Crippen LogP contribution in [-0.4, -0.2) is 91.5 Å². The number of nitrogens with one attached hydrogen (secondary N) is 1. The van der Waals surface area contributed by atoms with Crippen LogP contribution in [0.15, 0.2) is 42.6 Å². The molecule has 4 aromatic rings. The van der Waals surface area contributed by atoms with Crippen LogP contribution in [0.2, 0.25) is 0 Å². The van der Waals surface area contributed by atoms with E-state index in [1.54, 1.807) is 24.0 Å². The maximum Gasteiger partial charge on any atom is 0.408 e. The topological polar surface area (TPSA) is 106 Å². The fourth-order valence-corrected chi connectivity index (χ4v) is 6.21. The molecule has 3 fully saturated rings. The van der Waals surface area contributed by atoms with Crippen LogP contribution in [0.3, 0.4) is 0 Å². The molecule has 15 heteroatoms. The van der Waals surface area contributed by atoms with E-state index in [2.05, 4.69) is 35.1 Å². The molecule has 1 amide bonds. The highest BCUT2D eigenvalue weighted by atomic mass is 32.1. The highest BCUT2D eigenvalue weighted by Crippen LogP contribution is 2.40. The third-order valence-electron chi connectivity index (χ3n) is 8.23. The van der Waals surface area contributed by atoms with Crippen LogP contribution < -0.4 is 10.2 Å². The Hall–Kier alpha value is -3.82. The Morgan fingerprint density at radius 2 is 1.93 bits per heavy atom. The van der Waals surface area contributed by atoms with Crippen molar-refractivity contribution in [3.8, 4) is 16.5 Å². The van der Waals surface area contributed by atoms with Crippen LogP contribution in [0, 0.1) is 0 Å². The maximum absolute atomic E-state index is 13.3. The number of carbonyl (C=O) groups excluding carboxylic acids is 1. The number of aromatic nitrogens is 6. The summed E-state index contributed by atoms with van der Waals surface area (Å²) in [6.45, 7) is 6.13. The number of imidazole rings is 2. The van der Waals surface area contributed by atoms with Gasteiger partial charge in [0.05, 0.1) is 42.8 Å². The van der Waals surface area contributed by atoms with Crippen molar-refractivity contribution in [3.63, 3.8) is 0 Å². The Kier molecular flexibility index (Phi) is 7.18.